The number of ether oxygens (including phenoxy) is 1. The number of rotatable bonds is 7. The van der Waals surface area contributed by atoms with Crippen LogP contribution in [-0.4, -0.2) is 37.0 Å². The van der Waals surface area contributed by atoms with Gasteiger partial charge in [0.15, 0.2) is 0 Å². The Kier molecular flexibility index (Phi) is 5.85. The number of hydrogen-bond donors (Lipinski definition) is 3. The first-order valence-electron chi connectivity index (χ1n) is 7.11. The number of amides is 2. The van der Waals surface area contributed by atoms with Gasteiger partial charge in [-0.2, -0.15) is 0 Å². The lowest BCUT2D eigenvalue weighted by Crippen LogP contribution is -2.37. The summed E-state index contributed by atoms with van der Waals surface area (Å²) in [5, 5.41) is 15.7. The van der Waals surface area contributed by atoms with Crippen LogP contribution < -0.4 is 10.6 Å². The quantitative estimate of drug-likeness (QED) is 0.724. The first-order valence-corrected chi connectivity index (χ1v) is 7.49. The summed E-state index contributed by atoms with van der Waals surface area (Å²) in [5.41, 5.74) is 1.57. The number of carbonyl (C=O) groups is 1. The fraction of sp³-hybridized carbons (Fsp3) is 0.533. The lowest BCUT2D eigenvalue weighted by Gasteiger charge is -2.14. The summed E-state index contributed by atoms with van der Waals surface area (Å²) in [6.45, 7) is 2.97. The maximum Gasteiger partial charge on any atom is 0.319 e. The zero-order chi connectivity index (χ0) is 15.2. The summed E-state index contributed by atoms with van der Waals surface area (Å²) >= 11 is 5.86. The third kappa shape index (κ3) is 5.91. The molecule has 1 aliphatic rings. The van der Waals surface area contributed by atoms with E-state index in [1.807, 2.05) is 6.92 Å². The van der Waals surface area contributed by atoms with Crippen LogP contribution in [0.15, 0.2) is 18.2 Å². The number of nitrogens with one attached hydrogen (secondary N) is 2. The van der Waals surface area contributed by atoms with E-state index in [1.165, 1.54) is 12.8 Å². The van der Waals surface area contributed by atoms with Crippen LogP contribution in [0.3, 0.4) is 0 Å². The fourth-order valence-corrected chi connectivity index (χ4v) is 2.09. The molecule has 1 aliphatic carbocycles. The van der Waals surface area contributed by atoms with Crippen LogP contribution in [0.2, 0.25) is 5.02 Å². The molecular formula is C15H21ClN2O3. The molecule has 0 bridgehead atoms. The smallest absolute Gasteiger partial charge is 0.319 e. The Bertz CT molecular complexity index is 492. The summed E-state index contributed by atoms with van der Waals surface area (Å²) in [4.78, 5) is 11.7. The highest BCUT2D eigenvalue weighted by Gasteiger charge is 2.21. The highest BCUT2D eigenvalue weighted by molar-refractivity contribution is 6.30. The van der Waals surface area contributed by atoms with Gasteiger partial charge in [0.1, 0.15) is 0 Å². The largest absolute Gasteiger partial charge is 0.389 e. The van der Waals surface area contributed by atoms with Crippen molar-refractivity contribution in [2.24, 2.45) is 5.92 Å². The number of urea groups is 1. The van der Waals surface area contributed by atoms with Gasteiger partial charge in [-0.1, -0.05) is 11.6 Å². The van der Waals surface area contributed by atoms with E-state index in [2.05, 4.69) is 10.6 Å². The van der Waals surface area contributed by atoms with Gasteiger partial charge in [0.2, 0.25) is 0 Å². The topological polar surface area (TPSA) is 70.6 Å². The molecule has 21 heavy (non-hydrogen) atoms. The minimum Gasteiger partial charge on any atom is -0.389 e. The van der Waals surface area contributed by atoms with E-state index in [0.717, 1.165) is 5.56 Å². The Balaban J connectivity index is 1.66. The third-order valence-corrected chi connectivity index (χ3v) is 3.53. The lowest BCUT2D eigenvalue weighted by molar-refractivity contribution is 0.0339. The maximum atomic E-state index is 11.7. The Morgan fingerprint density at radius 2 is 2.29 bits per heavy atom. The number of halogens is 1. The number of anilines is 1. The summed E-state index contributed by atoms with van der Waals surface area (Å²) < 4.78 is 5.37. The Hall–Kier alpha value is -1.30. The normalized spacial score (nSPS) is 15.6. The van der Waals surface area contributed by atoms with E-state index in [-0.39, 0.29) is 19.2 Å². The highest BCUT2D eigenvalue weighted by atomic mass is 35.5. The minimum absolute atomic E-state index is 0.156. The van der Waals surface area contributed by atoms with Crippen molar-refractivity contribution in [1.82, 2.24) is 5.32 Å². The summed E-state index contributed by atoms with van der Waals surface area (Å²) in [5.74, 6) is 0.668. The molecular weight excluding hydrogens is 292 g/mol. The molecule has 0 radical (unpaired) electrons. The molecule has 0 heterocycles. The monoisotopic (exact) mass is 312 g/mol. The van der Waals surface area contributed by atoms with Gasteiger partial charge < -0.3 is 20.5 Å². The lowest BCUT2D eigenvalue weighted by atomic mass is 10.2. The number of aryl methyl sites for hydroxylation is 1. The van der Waals surface area contributed by atoms with Gasteiger partial charge in [-0.05, 0) is 49.4 Å². The molecule has 1 unspecified atom stereocenters. The van der Waals surface area contributed by atoms with Gasteiger partial charge in [-0.3, -0.25) is 0 Å². The highest BCUT2D eigenvalue weighted by Crippen LogP contribution is 2.28. The number of aliphatic hydroxyl groups excluding tert-OH is 1. The zero-order valence-electron chi connectivity index (χ0n) is 12.1. The van der Waals surface area contributed by atoms with E-state index in [1.54, 1.807) is 18.2 Å². The van der Waals surface area contributed by atoms with Crippen molar-refractivity contribution in [3.05, 3.63) is 28.8 Å². The van der Waals surface area contributed by atoms with Crippen molar-refractivity contribution in [2.45, 2.75) is 25.9 Å². The van der Waals surface area contributed by atoms with Gasteiger partial charge in [0, 0.05) is 23.9 Å². The second kappa shape index (κ2) is 7.64. The molecule has 2 amide bonds. The average Bonchev–Trinajstić information content (AvgIpc) is 3.24. The molecule has 6 heteroatoms. The molecule has 0 aliphatic heterocycles. The van der Waals surface area contributed by atoms with Gasteiger partial charge in [0.05, 0.1) is 12.7 Å². The van der Waals surface area contributed by atoms with Gasteiger partial charge in [0.25, 0.3) is 0 Å². The molecule has 0 saturated heterocycles. The fourth-order valence-electron chi connectivity index (χ4n) is 1.86. The molecule has 2 rings (SSSR count). The predicted molar refractivity (Wildman–Crippen MR) is 82.8 cm³/mol. The van der Waals surface area contributed by atoms with Crippen molar-refractivity contribution in [1.29, 1.82) is 0 Å². The van der Waals surface area contributed by atoms with Gasteiger partial charge in [-0.25, -0.2) is 4.79 Å². The average molecular weight is 313 g/mol. The van der Waals surface area contributed by atoms with E-state index in [9.17, 15) is 9.90 Å². The van der Waals surface area contributed by atoms with Gasteiger partial charge in [-0.15, -0.1) is 0 Å². The summed E-state index contributed by atoms with van der Waals surface area (Å²) in [6.07, 6.45) is 1.75. The molecule has 1 aromatic carbocycles. The first-order chi connectivity index (χ1) is 10.0. The van der Waals surface area contributed by atoms with E-state index in [0.29, 0.717) is 23.2 Å². The zero-order valence-corrected chi connectivity index (χ0v) is 12.8. The number of aliphatic hydroxyl groups is 1. The van der Waals surface area contributed by atoms with Crippen LogP contribution in [-0.2, 0) is 4.74 Å². The molecule has 3 N–H and O–H groups in total. The summed E-state index contributed by atoms with van der Waals surface area (Å²) in [6, 6.07) is 4.87. The molecule has 1 fully saturated rings. The van der Waals surface area contributed by atoms with Crippen LogP contribution >= 0.6 is 11.6 Å². The molecule has 0 spiro atoms. The number of hydrogen-bond acceptors (Lipinski definition) is 3. The molecule has 0 aromatic heterocycles. The van der Waals surface area contributed by atoms with E-state index >= 15 is 0 Å². The molecule has 116 valence electrons. The van der Waals surface area contributed by atoms with E-state index in [4.69, 9.17) is 16.3 Å². The Morgan fingerprint density at radius 3 is 2.95 bits per heavy atom. The van der Waals surface area contributed by atoms with Crippen LogP contribution in [0.1, 0.15) is 18.4 Å². The first kappa shape index (κ1) is 16.1. The Morgan fingerprint density at radius 1 is 1.52 bits per heavy atom. The maximum absolute atomic E-state index is 11.7. The van der Waals surface area contributed by atoms with Crippen molar-refractivity contribution in [2.75, 3.05) is 25.1 Å². The van der Waals surface area contributed by atoms with Crippen molar-refractivity contribution >= 4 is 23.3 Å². The van der Waals surface area contributed by atoms with Crippen molar-refractivity contribution in [3.8, 4) is 0 Å². The standard InChI is InChI=1S/C15H21ClN2O3/c1-10-6-12(16)4-5-14(10)18-15(20)17-7-13(19)9-21-8-11-2-3-11/h4-6,11,13,19H,2-3,7-9H2,1H3,(H2,17,18,20). The third-order valence-electron chi connectivity index (χ3n) is 3.30. The number of benzene rings is 1. The van der Waals surface area contributed by atoms with Gasteiger partial charge >= 0.3 is 6.03 Å². The molecule has 5 nitrogen and oxygen atoms in total. The van der Waals surface area contributed by atoms with Crippen molar-refractivity contribution < 1.29 is 14.6 Å². The molecule has 1 atom stereocenters. The van der Waals surface area contributed by atoms with Crippen LogP contribution in [0.25, 0.3) is 0 Å². The Labute approximate surface area is 129 Å². The molecule has 1 saturated carbocycles. The van der Waals surface area contributed by atoms with Crippen LogP contribution in [0.4, 0.5) is 10.5 Å². The second-order valence-corrected chi connectivity index (χ2v) is 5.87. The van der Waals surface area contributed by atoms with E-state index < -0.39 is 6.10 Å². The van der Waals surface area contributed by atoms with Crippen LogP contribution in [0, 0.1) is 12.8 Å². The van der Waals surface area contributed by atoms with Crippen LogP contribution in [0.5, 0.6) is 0 Å². The second-order valence-electron chi connectivity index (χ2n) is 5.43. The number of carbonyl (C=O) groups excluding carboxylic acids is 1. The van der Waals surface area contributed by atoms with Crippen molar-refractivity contribution in [3.63, 3.8) is 0 Å². The SMILES string of the molecule is Cc1cc(Cl)ccc1NC(=O)NCC(O)COCC1CC1. The molecule has 1 aromatic rings. The predicted octanol–water partition coefficient (Wildman–Crippen LogP) is 2.56. The summed E-state index contributed by atoms with van der Waals surface area (Å²) in [7, 11) is 0. The minimum atomic E-state index is -0.694.